The van der Waals surface area contributed by atoms with Gasteiger partial charge in [0.15, 0.2) is 11.3 Å². The monoisotopic (exact) mass is 280 g/mol. The van der Waals surface area contributed by atoms with Crippen LogP contribution in [0, 0.1) is 0 Å². The fourth-order valence-corrected chi connectivity index (χ4v) is 1.90. The summed E-state index contributed by atoms with van der Waals surface area (Å²) in [5, 5.41) is 20.6. The molecule has 0 saturated heterocycles. The highest BCUT2D eigenvalue weighted by Crippen LogP contribution is 2.18. The molecule has 20 heavy (non-hydrogen) atoms. The second-order valence-corrected chi connectivity index (χ2v) is 4.31. The average molecular weight is 280 g/mol. The number of hydrogen-bond donors (Lipinski definition) is 4. The smallest absolute Gasteiger partial charge is 0.333 e. The highest BCUT2D eigenvalue weighted by atomic mass is 16.4. The maximum absolute atomic E-state index is 12.4. The van der Waals surface area contributed by atoms with E-state index in [4.69, 9.17) is 10.8 Å². The van der Waals surface area contributed by atoms with Gasteiger partial charge in [0, 0.05) is 5.56 Å². The number of ketones is 1. The Kier molecular flexibility index (Phi) is 4.95. The van der Waals surface area contributed by atoms with E-state index in [1.807, 2.05) is 0 Å². The first-order valence-corrected chi connectivity index (χ1v) is 5.85. The summed E-state index contributed by atoms with van der Waals surface area (Å²) in [6, 6.07) is 6.44. The van der Waals surface area contributed by atoms with Gasteiger partial charge in [0.05, 0.1) is 12.5 Å². The predicted molar refractivity (Wildman–Crippen MR) is 70.4 cm³/mol. The molecule has 7 heteroatoms. The Hall–Kier alpha value is -2.25. The molecule has 0 aliphatic carbocycles. The molecule has 1 aromatic carbocycles. The maximum atomic E-state index is 12.4. The Bertz CT molecular complexity index is 517. The van der Waals surface area contributed by atoms with Crippen molar-refractivity contribution in [2.75, 3.05) is 7.05 Å². The predicted octanol–water partition coefficient (Wildman–Crippen LogP) is -0.286. The lowest BCUT2D eigenvalue weighted by Crippen LogP contribution is -2.67. The molecule has 0 heterocycles. The topological polar surface area (TPSA) is 130 Å². The van der Waals surface area contributed by atoms with E-state index in [9.17, 15) is 19.5 Å². The summed E-state index contributed by atoms with van der Waals surface area (Å²) in [4.78, 5) is 34.6. The highest BCUT2D eigenvalue weighted by Gasteiger charge is 2.49. The van der Waals surface area contributed by atoms with Gasteiger partial charge in [-0.1, -0.05) is 30.3 Å². The lowest BCUT2D eigenvalue weighted by atomic mass is 9.81. The second kappa shape index (κ2) is 6.27. The van der Waals surface area contributed by atoms with E-state index in [-0.39, 0.29) is 5.56 Å². The molecule has 0 fully saturated rings. The molecule has 2 unspecified atom stereocenters. The Balaban J connectivity index is 3.23. The fraction of sp³-hybridized carbons (Fsp3) is 0.308. The number of nitrogens with two attached hydrogens (primary N) is 1. The molecular weight excluding hydrogens is 264 g/mol. The number of hydrogen-bond acceptors (Lipinski definition) is 5. The van der Waals surface area contributed by atoms with Crippen molar-refractivity contribution in [3.05, 3.63) is 35.9 Å². The van der Waals surface area contributed by atoms with Gasteiger partial charge >= 0.3 is 11.9 Å². The molecular formula is C13H16N2O5. The van der Waals surface area contributed by atoms with E-state index in [2.05, 4.69) is 5.32 Å². The van der Waals surface area contributed by atoms with Gasteiger partial charge in [0.1, 0.15) is 0 Å². The minimum Gasteiger partial charge on any atom is -0.481 e. The molecule has 0 aliphatic heterocycles. The average Bonchev–Trinajstić information content (AvgIpc) is 2.43. The molecule has 1 aromatic rings. The number of nitrogens with one attached hydrogen (secondary N) is 1. The van der Waals surface area contributed by atoms with Crippen molar-refractivity contribution >= 4 is 17.7 Å². The Labute approximate surface area is 115 Å². The maximum Gasteiger partial charge on any atom is 0.333 e. The Morgan fingerprint density at radius 3 is 2.20 bits per heavy atom. The van der Waals surface area contributed by atoms with E-state index in [1.54, 1.807) is 18.2 Å². The number of carbonyl (C=O) groups is 3. The van der Waals surface area contributed by atoms with Crippen LogP contribution in [-0.4, -0.2) is 46.6 Å². The zero-order chi connectivity index (χ0) is 15.3. The second-order valence-electron chi connectivity index (χ2n) is 4.31. The molecule has 0 saturated carbocycles. The first kappa shape index (κ1) is 15.8. The first-order valence-electron chi connectivity index (χ1n) is 5.85. The summed E-state index contributed by atoms with van der Waals surface area (Å²) in [6.45, 7) is 0. The van der Waals surface area contributed by atoms with Crippen molar-refractivity contribution in [2.24, 2.45) is 5.73 Å². The van der Waals surface area contributed by atoms with Crippen LogP contribution in [0.4, 0.5) is 0 Å². The SMILES string of the molecule is CNC(CC(=O)O)C(N)(C(=O)O)C(=O)c1ccccc1. The third kappa shape index (κ3) is 3.01. The van der Waals surface area contributed by atoms with Crippen molar-refractivity contribution in [3.8, 4) is 0 Å². The van der Waals surface area contributed by atoms with Gasteiger partial charge in [-0.15, -0.1) is 0 Å². The van der Waals surface area contributed by atoms with Crippen LogP contribution in [-0.2, 0) is 9.59 Å². The van der Waals surface area contributed by atoms with Gasteiger partial charge < -0.3 is 21.3 Å². The van der Waals surface area contributed by atoms with E-state index in [0.29, 0.717) is 0 Å². The summed E-state index contributed by atoms with van der Waals surface area (Å²) in [5.41, 5.74) is 3.51. The van der Waals surface area contributed by atoms with Gasteiger partial charge in [-0.25, -0.2) is 4.79 Å². The normalized spacial score (nSPS) is 15.1. The van der Waals surface area contributed by atoms with Gasteiger partial charge in [0.25, 0.3) is 0 Å². The van der Waals surface area contributed by atoms with Crippen LogP contribution in [0.3, 0.4) is 0 Å². The minimum atomic E-state index is -2.35. The Morgan fingerprint density at radius 2 is 1.80 bits per heavy atom. The van der Waals surface area contributed by atoms with Gasteiger partial charge in [-0.05, 0) is 7.05 Å². The number of Topliss-reactive ketones (excluding diaryl/α,β-unsaturated/α-hetero) is 1. The molecule has 5 N–H and O–H groups in total. The number of carbonyl (C=O) groups excluding carboxylic acids is 1. The van der Waals surface area contributed by atoms with E-state index in [1.165, 1.54) is 19.2 Å². The molecule has 1 rings (SSSR count). The number of benzene rings is 1. The van der Waals surface area contributed by atoms with Gasteiger partial charge in [0.2, 0.25) is 0 Å². The summed E-state index contributed by atoms with van der Waals surface area (Å²) < 4.78 is 0. The van der Waals surface area contributed by atoms with Crippen molar-refractivity contribution in [3.63, 3.8) is 0 Å². The summed E-state index contributed by atoms with van der Waals surface area (Å²) >= 11 is 0. The highest BCUT2D eigenvalue weighted by molar-refractivity contribution is 6.16. The molecule has 108 valence electrons. The summed E-state index contributed by atoms with van der Waals surface area (Å²) in [6.07, 6.45) is -0.585. The Morgan fingerprint density at radius 1 is 1.25 bits per heavy atom. The van der Waals surface area contributed by atoms with Crippen LogP contribution in [0.5, 0.6) is 0 Å². The molecule has 2 atom stereocenters. The van der Waals surface area contributed by atoms with Crippen molar-refractivity contribution < 1.29 is 24.6 Å². The number of carboxylic acid groups (broad SMARTS) is 2. The molecule has 0 aromatic heterocycles. The molecule has 7 nitrogen and oxygen atoms in total. The van der Waals surface area contributed by atoms with Crippen molar-refractivity contribution in [1.82, 2.24) is 5.32 Å². The lowest BCUT2D eigenvalue weighted by molar-refractivity contribution is -0.143. The molecule has 0 bridgehead atoms. The van der Waals surface area contributed by atoms with Crippen molar-refractivity contribution in [1.29, 1.82) is 0 Å². The largest absolute Gasteiger partial charge is 0.481 e. The molecule has 0 amide bonds. The van der Waals surface area contributed by atoms with Crippen LogP contribution in [0.2, 0.25) is 0 Å². The third-order valence-corrected chi connectivity index (χ3v) is 3.04. The van der Waals surface area contributed by atoms with Crippen LogP contribution < -0.4 is 11.1 Å². The number of likely N-dealkylation sites (N-methyl/N-ethyl adjacent to an activating group) is 1. The van der Waals surface area contributed by atoms with Crippen LogP contribution in [0.25, 0.3) is 0 Å². The van der Waals surface area contributed by atoms with Gasteiger partial charge in [-0.3, -0.25) is 9.59 Å². The first-order chi connectivity index (χ1) is 9.33. The van der Waals surface area contributed by atoms with Crippen molar-refractivity contribution in [2.45, 2.75) is 18.0 Å². The zero-order valence-corrected chi connectivity index (χ0v) is 10.9. The molecule has 0 radical (unpaired) electrons. The number of carboxylic acids is 2. The third-order valence-electron chi connectivity index (χ3n) is 3.04. The molecule has 0 spiro atoms. The summed E-state index contributed by atoms with van der Waals surface area (Å²) in [7, 11) is 1.36. The lowest BCUT2D eigenvalue weighted by Gasteiger charge is -2.31. The number of aliphatic carboxylic acids is 2. The van der Waals surface area contributed by atoms with Crippen LogP contribution in [0.1, 0.15) is 16.8 Å². The summed E-state index contributed by atoms with van der Waals surface area (Å²) in [5.74, 6) is -3.67. The van der Waals surface area contributed by atoms with Crippen LogP contribution >= 0.6 is 0 Å². The van der Waals surface area contributed by atoms with Crippen LogP contribution in [0.15, 0.2) is 30.3 Å². The van der Waals surface area contributed by atoms with E-state index < -0.39 is 35.7 Å². The number of rotatable bonds is 7. The zero-order valence-electron chi connectivity index (χ0n) is 10.9. The fourth-order valence-electron chi connectivity index (χ4n) is 1.90. The quantitative estimate of drug-likeness (QED) is 0.399. The minimum absolute atomic E-state index is 0.114. The van der Waals surface area contributed by atoms with E-state index >= 15 is 0 Å². The molecule has 0 aliphatic rings. The van der Waals surface area contributed by atoms with E-state index in [0.717, 1.165) is 0 Å². The van der Waals surface area contributed by atoms with Gasteiger partial charge in [-0.2, -0.15) is 0 Å². The standard InChI is InChI=1S/C13H16N2O5/c1-15-9(7-10(16)17)13(14,12(19)20)11(18)8-5-3-2-4-6-8/h2-6,9,15H,7,14H2,1H3,(H,16,17)(H,19,20).